The molecule has 3 N–H and O–H groups in total. The summed E-state index contributed by atoms with van der Waals surface area (Å²) < 4.78 is 18.8. The Bertz CT molecular complexity index is 214. The Labute approximate surface area is 88.7 Å². The van der Waals surface area contributed by atoms with Gasteiger partial charge in [-0.3, -0.25) is 0 Å². The van der Waals surface area contributed by atoms with Crippen molar-refractivity contribution in [2.24, 2.45) is 5.41 Å². The zero-order valence-corrected chi connectivity index (χ0v) is 9.22. The topological polar surface area (TPSA) is 69.9 Å². The SMILES string of the molecule is CC(C)(C)C1OC(CO)[C@H](O)[C@H](F)C1O. The second-order valence-corrected chi connectivity index (χ2v) is 5.07. The summed E-state index contributed by atoms with van der Waals surface area (Å²) in [5, 5.41) is 27.9. The van der Waals surface area contributed by atoms with E-state index < -0.39 is 42.6 Å². The van der Waals surface area contributed by atoms with E-state index in [2.05, 4.69) is 0 Å². The maximum absolute atomic E-state index is 13.5. The van der Waals surface area contributed by atoms with E-state index in [1.54, 1.807) is 20.8 Å². The van der Waals surface area contributed by atoms with Crippen molar-refractivity contribution in [3.05, 3.63) is 0 Å². The molecule has 3 unspecified atom stereocenters. The van der Waals surface area contributed by atoms with Crippen LogP contribution in [0.2, 0.25) is 0 Å². The summed E-state index contributed by atoms with van der Waals surface area (Å²) in [5.41, 5.74) is -0.447. The van der Waals surface area contributed by atoms with Gasteiger partial charge in [-0.15, -0.1) is 0 Å². The fourth-order valence-corrected chi connectivity index (χ4v) is 1.79. The lowest BCUT2D eigenvalue weighted by Crippen LogP contribution is -2.60. The van der Waals surface area contributed by atoms with Crippen LogP contribution >= 0.6 is 0 Å². The lowest BCUT2D eigenvalue weighted by atomic mass is 9.81. The third-order valence-corrected chi connectivity index (χ3v) is 2.70. The van der Waals surface area contributed by atoms with Crippen molar-refractivity contribution in [1.82, 2.24) is 0 Å². The quantitative estimate of drug-likeness (QED) is 0.577. The van der Waals surface area contributed by atoms with Crippen LogP contribution in [0.15, 0.2) is 0 Å². The number of aliphatic hydroxyl groups is 3. The van der Waals surface area contributed by atoms with Crippen LogP contribution in [0, 0.1) is 5.41 Å². The fraction of sp³-hybridized carbons (Fsp3) is 1.00. The molecule has 0 aromatic rings. The standard InChI is InChI=1S/C10H19FO4/c1-10(2,3)9-8(14)6(11)7(13)5(4-12)15-9/h5-9,12-14H,4H2,1-3H3/t5?,6-,7-,8?,9?/m0/s1. The first-order valence-electron chi connectivity index (χ1n) is 5.05. The zero-order valence-electron chi connectivity index (χ0n) is 9.22. The molecule has 1 aliphatic heterocycles. The number of hydrogen-bond acceptors (Lipinski definition) is 4. The second kappa shape index (κ2) is 4.33. The molecule has 0 amide bonds. The normalized spacial score (nSPS) is 43.0. The number of halogens is 1. The highest BCUT2D eigenvalue weighted by molar-refractivity contribution is 4.96. The Morgan fingerprint density at radius 1 is 1.20 bits per heavy atom. The molecule has 1 saturated heterocycles. The van der Waals surface area contributed by atoms with Gasteiger partial charge in [0, 0.05) is 0 Å². The van der Waals surface area contributed by atoms with Crippen LogP contribution in [-0.4, -0.2) is 52.5 Å². The molecule has 0 aliphatic carbocycles. The highest BCUT2D eigenvalue weighted by Gasteiger charge is 2.48. The first-order valence-corrected chi connectivity index (χ1v) is 5.05. The molecule has 5 heteroatoms. The molecule has 1 aliphatic rings. The van der Waals surface area contributed by atoms with E-state index in [1.807, 2.05) is 0 Å². The predicted octanol–water partition coefficient (Wildman–Crippen LogP) is -0.148. The maximum Gasteiger partial charge on any atom is 0.157 e. The molecule has 0 aromatic carbocycles. The number of ether oxygens (including phenoxy) is 1. The van der Waals surface area contributed by atoms with Crippen molar-refractivity contribution in [2.45, 2.75) is 51.4 Å². The average molecular weight is 222 g/mol. The molecule has 0 spiro atoms. The molecule has 0 saturated carbocycles. The fourth-order valence-electron chi connectivity index (χ4n) is 1.79. The molecule has 4 nitrogen and oxygen atoms in total. The van der Waals surface area contributed by atoms with Gasteiger partial charge in [-0.05, 0) is 5.41 Å². The average Bonchev–Trinajstić information content (AvgIpc) is 2.13. The summed E-state index contributed by atoms with van der Waals surface area (Å²) in [5.74, 6) is 0. The molecule has 1 fully saturated rings. The molecule has 1 heterocycles. The minimum atomic E-state index is -1.78. The largest absolute Gasteiger partial charge is 0.394 e. The van der Waals surface area contributed by atoms with E-state index >= 15 is 0 Å². The monoisotopic (exact) mass is 222 g/mol. The minimum absolute atomic E-state index is 0.447. The molecule has 5 atom stereocenters. The molecular formula is C10H19FO4. The van der Waals surface area contributed by atoms with E-state index in [1.165, 1.54) is 0 Å². The van der Waals surface area contributed by atoms with Gasteiger partial charge in [0.1, 0.15) is 18.3 Å². The van der Waals surface area contributed by atoms with Gasteiger partial charge in [-0.1, -0.05) is 20.8 Å². The number of rotatable bonds is 1. The Hall–Kier alpha value is -0.230. The molecule has 0 aromatic heterocycles. The van der Waals surface area contributed by atoms with Gasteiger partial charge in [-0.25, -0.2) is 4.39 Å². The summed E-state index contributed by atoms with van der Waals surface area (Å²) in [6, 6.07) is 0. The van der Waals surface area contributed by atoms with Crippen molar-refractivity contribution >= 4 is 0 Å². The molecule has 90 valence electrons. The first-order chi connectivity index (χ1) is 6.79. The molecule has 1 rings (SSSR count). The van der Waals surface area contributed by atoms with E-state index in [0.717, 1.165) is 0 Å². The van der Waals surface area contributed by atoms with Gasteiger partial charge in [-0.2, -0.15) is 0 Å². The van der Waals surface area contributed by atoms with Gasteiger partial charge >= 0.3 is 0 Å². The Kier molecular flexibility index (Phi) is 3.71. The van der Waals surface area contributed by atoms with Crippen molar-refractivity contribution in [3.63, 3.8) is 0 Å². The summed E-state index contributed by atoms with van der Waals surface area (Å²) in [4.78, 5) is 0. The van der Waals surface area contributed by atoms with Crippen LogP contribution in [0.5, 0.6) is 0 Å². The summed E-state index contributed by atoms with van der Waals surface area (Å²) in [7, 11) is 0. The summed E-state index contributed by atoms with van der Waals surface area (Å²) in [6.45, 7) is 4.96. The molecule has 15 heavy (non-hydrogen) atoms. The minimum Gasteiger partial charge on any atom is -0.394 e. The zero-order chi connectivity index (χ0) is 11.8. The van der Waals surface area contributed by atoms with Gasteiger partial charge in [0.25, 0.3) is 0 Å². The van der Waals surface area contributed by atoms with Crippen molar-refractivity contribution in [1.29, 1.82) is 0 Å². The highest BCUT2D eigenvalue weighted by Crippen LogP contribution is 2.33. The predicted molar refractivity (Wildman–Crippen MR) is 52.1 cm³/mol. The highest BCUT2D eigenvalue weighted by atomic mass is 19.1. The molecular weight excluding hydrogens is 203 g/mol. The van der Waals surface area contributed by atoms with Crippen LogP contribution in [0.4, 0.5) is 4.39 Å². The van der Waals surface area contributed by atoms with Crippen LogP contribution in [0.3, 0.4) is 0 Å². The lowest BCUT2D eigenvalue weighted by molar-refractivity contribution is -0.235. The molecule has 0 bridgehead atoms. The van der Waals surface area contributed by atoms with Crippen molar-refractivity contribution < 1.29 is 24.4 Å². The van der Waals surface area contributed by atoms with Gasteiger partial charge in [0.05, 0.1) is 12.7 Å². The summed E-state index contributed by atoms with van der Waals surface area (Å²) >= 11 is 0. The van der Waals surface area contributed by atoms with Crippen molar-refractivity contribution in [2.75, 3.05) is 6.61 Å². The third kappa shape index (κ3) is 2.47. The van der Waals surface area contributed by atoms with Crippen molar-refractivity contribution in [3.8, 4) is 0 Å². The van der Waals surface area contributed by atoms with E-state index in [-0.39, 0.29) is 0 Å². The number of alkyl halides is 1. The van der Waals surface area contributed by atoms with Crippen LogP contribution in [0.1, 0.15) is 20.8 Å². The number of aliphatic hydroxyl groups excluding tert-OH is 3. The Morgan fingerprint density at radius 2 is 1.73 bits per heavy atom. The smallest absolute Gasteiger partial charge is 0.157 e. The summed E-state index contributed by atoms with van der Waals surface area (Å²) in [6.07, 6.45) is -6.30. The van der Waals surface area contributed by atoms with Gasteiger partial charge in [0.15, 0.2) is 6.17 Å². The number of hydrogen-bond donors (Lipinski definition) is 3. The second-order valence-electron chi connectivity index (χ2n) is 5.07. The van der Waals surface area contributed by atoms with E-state index in [4.69, 9.17) is 9.84 Å². The van der Waals surface area contributed by atoms with Gasteiger partial charge in [0.2, 0.25) is 0 Å². The first kappa shape index (κ1) is 12.8. The van der Waals surface area contributed by atoms with Crippen LogP contribution in [-0.2, 0) is 4.74 Å². The Balaban J connectivity index is 2.83. The maximum atomic E-state index is 13.5. The molecule has 0 radical (unpaired) electrons. The van der Waals surface area contributed by atoms with Gasteiger partial charge < -0.3 is 20.1 Å². The van der Waals surface area contributed by atoms with E-state index in [0.29, 0.717) is 0 Å². The van der Waals surface area contributed by atoms with E-state index in [9.17, 15) is 14.6 Å². The Morgan fingerprint density at radius 3 is 2.13 bits per heavy atom. The van der Waals surface area contributed by atoms with Crippen LogP contribution < -0.4 is 0 Å². The third-order valence-electron chi connectivity index (χ3n) is 2.70. The van der Waals surface area contributed by atoms with Crippen LogP contribution in [0.25, 0.3) is 0 Å². The lowest BCUT2D eigenvalue weighted by Gasteiger charge is -2.44.